The van der Waals surface area contributed by atoms with Crippen LogP contribution in [0.3, 0.4) is 0 Å². The van der Waals surface area contributed by atoms with Gasteiger partial charge in [-0.05, 0) is 55.9 Å². The van der Waals surface area contributed by atoms with Crippen LogP contribution < -0.4 is 16.0 Å². The first-order valence-corrected chi connectivity index (χ1v) is 14.2. The van der Waals surface area contributed by atoms with Gasteiger partial charge < -0.3 is 15.1 Å². The number of rotatable bonds is 9. The minimum Gasteiger partial charge on any atom is -0.423 e. The molecule has 41 heavy (non-hydrogen) atoms. The molecule has 9 heteroatoms. The molecule has 2 atom stereocenters. The number of hydrogen-bond acceptors (Lipinski definition) is 6. The SMILES string of the molecule is CC/C(C)=C/C(=C\C(C)C(C)C)CNC(=O)C1=C(C)NC(Nc2nc3ccc(F)cc3o2)=NC1c1ccccc1Cl. The van der Waals surface area contributed by atoms with E-state index >= 15 is 0 Å². The summed E-state index contributed by atoms with van der Waals surface area (Å²) in [5.74, 6) is 0.499. The Hall–Kier alpha value is -3.91. The van der Waals surface area contributed by atoms with Gasteiger partial charge >= 0.3 is 6.01 Å². The first-order valence-electron chi connectivity index (χ1n) is 13.8. The zero-order valence-corrected chi connectivity index (χ0v) is 25.1. The van der Waals surface area contributed by atoms with Crippen LogP contribution in [0.15, 0.2) is 86.4 Å². The molecule has 1 aromatic heterocycles. The summed E-state index contributed by atoms with van der Waals surface area (Å²) in [6.45, 7) is 13.0. The van der Waals surface area contributed by atoms with Crippen LogP contribution in [-0.4, -0.2) is 23.4 Å². The molecular weight excluding hydrogens is 541 g/mol. The van der Waals surface area contributed by atoms with Crippen molar-refractivity contribution in [1.29, 1.82) is 0 Å². The second kappa shape index (κ2) is 13.2. The van der Waals surface area contributed by atoms with Crippen LogP contribution in [0, 0.1) is 17.7 Å². The second-order valence-corrected chi connectivity index (χ2v) is 11.1. The first kappa shape index (κ1) is 30.1. The molecule has 1 aliphatic rings. The van der Waals surface area contributed by atoms with Gasteiger partial charge in [0.25, 0.3) is 5.91 Å². The van der Waals surface area contributed by atoms with Crippen molar-refractivity contribution in [2.45, 2.75) is 54.0 Å². The summed E-state index contributed by atoms with van der Waals surface area (Å²) >= 11 is 6.59. The lowest BCUT2D eigenvalue weighted by Gasteiger charge is -2.27. The lowest BCUT2D eigenvalue weighted by molar-refractivity contribution is -0.117. The average molecular weight is 578 g/mol. The zero-order valence-electron chi connectivity index (χ0n) is 24.3. The highest BCUT2D eigenvalue weighted by atomic mass is 35.5. The van der Waals surface area contributed by atoms with Crippen LogP contribution in [-0.2, 0) is 4.79 Å². The van der Waals surface area contributed by atoms with Crippen molar-refractivity contribution in [2.24, 2.45) is 16.8 Å². The van der Waals surface area contributed by atoms with E-state index in [0.717, 1.165) is 12.0 Å². The summed E-state index contributed by atoms with van der Waals surface area (Å²) in [5, 5.41) is 9.79. The minimum absolute atomic E-state index is 0.141. The second-order valence-electron chi connectivity index (χ2n) is 10.7. The van der Waals surface area contributed by atoms with Crippen LogP contribution in [0.1, 0.15) is 59.6 Å². The number of carbonyl (C=O) groups excluding carboxylic acids is 1. The van der Waals surface area contributed by atoms with Gasteiger partial charge in [-0.15, -0.1) is 0 Å². The molecular formula is C32H37ClFN5O2. The van der Waals surface area contributed by atoms with E-state index in [4.69, 9.17) is 21.0 Å². The molecule has 7 nitrogen and oxygen atoms in total. The van der Waals surface area contributed by atoms with E-state index in [0.29, 0.717) is 57.3 Å². The third-order valence-corrected chi connectivity index (χ3v) is 7.58. The van der Waals surface area contributed by atoms with Crippen LogP contribution in [0.25, 0.3) is 11.1 Å². The Bertz CT molecular complexity index is 1550. The normalized spacial score (nSPS) is 17.0. The lowest BCUT2D eigenvalue weighted by Crippen LogP contribution is -2.39. The monoisotopic (exact) mass is 577 g/mol. The molecule has 3 N–H and O–H groups in total. The number of benzene rings is 2. The maximum Gasteiger partial charge on any atom is 0.302 e. The predicted molar refractivity (Wildman–Crippen MR) is 164 cm³/mol. The van der Waals surface area contributed by atoms with E-state index in [1.165, 1.54) is 23.8 Å². The molecule has 2 aromatic carbocycles. The number of nitrogens with one attached hydrogen (secondary N) is 3. The summed E-state index contributed by atoms with van der Waals surface area (Å²) in [6.07, 6.45) is 5.31. The fraction of sp³-hybridized carbons (Fsp3) is 0.344. The van der Waals surface area contributed by atoms with Crippen LogP contribution in [0.2, 0.25) is 5.02 Å². The van der Waals surface area contributed by atoms with Crippen molar-refractivity contribution >= 4 is 40.6 Å². The predicted octanol–water partition coefficient (Wildman–Crippen LogP) is 7.70. The van der Waals surface area contributed by atoms with Gasteiger partial charge in [-0.3, -0.25) is 10.1 Å². The smallest absolute Gasteiger partial charge is 0.302 e. The van der Waals surface area contributed by atoms with Gasteiger partial charge in [0.15, 0.2) is 5.58 Å². The van der Waals surface area contributed by atoms with E-state index in [1.807, 2.05) is 25.1 Å². The van der Waals surface area contributed by atoms with Crippen LogP contribution >= 0.6 is 11.6 Å². The molecule has 0 saturated heterocycles. The number of hydrogen-bond donors (Lipinski definition) is 3. The topological polar surface area (TPSA) is 91.6 Å². The highest BCUT2D eigenvalue weighted by molar-refractivity contribution is 6.31. The van der Waals surface area contributed by atoms with Gasteiger partial charge in [0, 0.05) is 28.9 Å². The molecule has 0 saturated carbocycles. The summed E-state index contributed by atoms with van der Waals surface area (Å²) in [5.41, 5.74) is 4.86. The summed E-state index contributed by atoms with van der Waals surface area (Å²) in [6, 6.07) is 10.9. The molecule has 0 bridgehead atoms. The minimum atomic E-state index is -0.691. The number of allylic oxidation sites excluding steroid dienone is 3. The maximum absolute atomic E-state index is 13.7. The standard InChI is InChI=1S/C32H37ClFN5O2/c1-7-19(4)14-22(15-20(5)18(2)3)17-35-30(40)28-21(6)36-31(38-29(28)24-10-8-9-11-25(24)33)39-32-37-26-13-12-23(34)16-27(26)41-32/h8-16,18,20,29H,7,17H2,1-6H3,(H,35,40)(H2,36,37,38,39)/b19-14+,22-15+. The molecule has 0 spiro atoms. The van der Waals surface area contributed by atoms with E-state index in [1.54, 1.807) is 6.07 Å². The quantitative estimate of drug-likeness (QED) is 0.227. The lowest BCUT2D eigenvalue weighted by atomic mass is 9.94. The number of nitrogens with zero attached hydrogens (tertiary/aromatic N) is 2. The molecule has 216 valence electrons. The Morgan fingerprint density at radius 2 is 1.98 bits per heavy atom. The van der Waals surface area contributed by atoms with Gasteiger partial charge in [-0.25, -0.2) is 9.38 Å². The summed E-state index contributed by atoms with van der Waals surface area (Å²) in [7, 11) is 0. The van der Waals surface area contributed by atoms with Gasteiger partial charge in [0.05, 0.1) is 5.57 Å². The molecule has 4 rings (SSSR count). The molecule has 1 aliphatic heterocycles. The molecule has 0 radical (unpaired) electrons. The molecule has 3 aromatic rings. The van der Waals surface area contributed by atoms with Crippen molar-refractivity contribution in [1.82, 2.24) is 15.6 Å². The number of guanidine groups is 1. The van der Waals surface area contributed by atoms with Crippen molar-refractivity contribution in [3.63, 3.8) is 0 Å². The van der Waals surface area contributed by atoms with E-state index < -0.39 is 11.9 Å². The number of fused-ring (bicyclic) bond motifs is 1. The fourth-order valence-corrected chi connectivity index (χ4v) is 4.63. The Balaban J connectivity index is 1.63. The number of oxazole rings is 1. The highest BCUT2D eigenvalue weighted by Crippen LogP contribution is 2.35. The average Bonchev–Trinajstić information content (AvgIpc) is 3.32. The van der Waals surface area contributed by atoms with Crippen LogP contribution in [0.4, 0.5) is 10.4 Å². The van der Waals surface area contributed by atoms with E-state index in [9.17, 15) is 9.18 Å². The van der Waals surface area contributed by atoms with E-state index in [2.05, 4.69) is 67.7 Å². The molecule has 2 unspecified atom stereocenters. The Morgan fingerprint density at radius 1 is 1.22 bits per heavy atom. The summed E-state index contributed by atoms with van der Waals surface area (Å²) in [4.78, 5) is 22.9. The summed E-state index contributed by atoms with van der Waals surface area (Å²) < 4.78 is 19.3. The van der Waals surface area contributed by atoms with Crippen LogP contribution in [0.5, 0.6) is 0 Å². The van der Waals surface area contributed by atoms with Crippen molar-refractivity contribution in [3.05, 3.63) is 93.4 Å². The third-order valence-electron chi connectivity index (χ3n) is 7.23. The first-order chi connectivity index (χ1) is 19.5. The highest BCUT2D eigenvalue weighted by Gasteiger charge is 2.31. The van der Waals surface area contributed by atoms with Gasteiger partial charge in [0.1, 0.15) is 17.4 Å². The Kier molecular flexibility index (Phi) is 9.65. The van der Waals surface area contributed by atoms with Crippen molar-refractivity contribution < 1.29 is 13.6 Å². The number of anilines is 1. The van der Waals surface area contributed by atoms with Gasteiger partial charge in [-0.1, -0.05) is 75.2 Å². The third kappa shape index (κ3) is 7.44. The maximum atomic E-state index is 13.7. The van der Waals surface area contributed by atoms with Gasteiger partial charge in [0.2, 0.25) is 5.96 Å². The van der Waals surface area contributed by atoms with Crippen molar-refractivity contribution in [3.8, 4) is 0 Å². The van der Waals surface area contributed by atoms with E-state index in [-0.39, 0.29) is 11.9 Å². The molecule has 2 heterocycles. The molecule has 0 aliphatic carbocycles. The fourth-order valence-electron chi connectivity index (χ4n) is 4.39. The number of carbonyl (C=O) groups is 1. The molecule has 0 fully saturated rings. The largest absolute Gasteiger partial charge is 0.423 e. The Labute approximate surface area is 245 Å². The van der Waals surface area contributed by atoms with Crippen molar-refractivity contribution in [2.75, 3.05) is 11.9 Å². The number of aliphatic imine (C=N–C) groups is 1. The van der Waals surface area contributed by atoms with Gasteiger partial charge in [-0.2, -0.15) is 4.98 Å². The number of amides is 1. The Morgan fingerprint density at radius 3 is 2.68 bits per heavy atom. The molecule has 1 amide bonds. The number of aromatic nitrogens is 1. The number of halogens is 2. The zero-order chi connectivity index (χ0) is 29.7.